The molecular weight excluding hydrogens is 176 g/mol. The number of nitrogens with two attached hydrogens (primary N) is 1. The Bertz CT molecular complexity index is 191. The van der Waals surface area contributed by atoms with Crippen molar-refractivity contribution < 1.29 is 0 Å². The van der Waals surface area contributed by atoms with E-state index >= 15 is 0 Å². The molecule has 0 aliphatic carbocycles. The van der Waals surface area contributed by atoms with Crippen molar-refractivity contribution in [2.24, 2.45) is 16.8 Å². The molecule has 1 saturated heterocycles. The first-order chi connectivity index (χ1) is 6.81. The highest BCUT2D eigenvalue weighted by Crippen LogP contribution is 2.20. The molecule has 0 saturated carbocycles. The Balaban J connectivity index is 2.43. The Labute approximate surface area is 86.5 Å². The SMILES string of the molecule is CCCC1CCN(C(=NCC)NN)C1. The maximum absolute atomic E-state index is 5.44. The number of aliphatic imine (C=N–C) groups is 1. The minimum absolute atomic E-state index is 0.786. The maximum atomic E-state index is 5.44. The van der Waals surface area contributed by atoms with Crippen molar-refractivity contribution in [2.45, 2.75) is 33.1 Å². The van der Waals surface area contributed by atoms with E-state index in [0.29, 0.717) is 0 Å². The molecule has 0 aromatic carbocycles. The van der Waals surface area contributed by atoms with Crippen LogP contribution in [-0.2, 0) is 0 Å². The topological polar surface area (TPSA) is 53.6 Å². The third kappa shape index (κ3) is 2.87. The van der Waals surface area contributed by atoms with Gasteiger partial charge in [-0.3, -0.25) is 10.4 Å². The summed E-state index contributed by atoms with van der Waals surface area (Å²) >= 11 is 0. The van der Waals surface area contributed by atoms with Gasteiger partial charge < -0.3 is 4.90 Å². The Morgan fingerprint density at radius 1 is 1.57 bits per heavy atom. The predicted molar refractivity (Wildman–Crippen MR) is 59.9 cm³/mol. The van der Waals surface area contributed by atoms with Crippen LogP contribution in [0, 0.1) is 5.92 Å². The van der Waals surface area contributed by atoms with Crippen LogP contribution in [0.2, 0.25) is 0 Å². The van der Waals surface area contributed by atoms with Crippen molar-refractivity contribution >= 4 is 5.96 Å². The van der Waals surface area contributed by atoms with Crippen molar-refractivity contribution in [3.63, 3.8) is 0 Å². The Morgan fingerprint density at radius 3 is 2.93 bits per heavy atom. The van der Waals surface area contributed by atoms with Gasteiger partial charge in [0.2, 0.25) is 5.96 Å². The van der Waals surface area contributed by atoms with Gasteiger partial charge >= 0.3 is 0 Å². The zero-order valence-electron chi connectivity index (χ0n) is 9.29. The van der Waals surface area contributed by atoms with E-state index in [-0.39, 0.29) is 0 Å². The van der Waals surface area contributed by atoms with Crippen molar-refractivity contribution in [1.29, 1.82) is 0 Å². The fraction of sp³-hybridized carbons (Fsp3) is 0.900. The molecule has 1 aliphatic heterocycles. The second-order valence-electron chi connectivity index (χ2n) is 3.83. The summed E-state index contributed by atoms with van der Waals surface area (Å²) in [6.07, 6.45) is 3.87. The highest BCUT2D eigenvalue weighted by molar-refractivity contribution is 5.79. The molecule has 0 spiro atoms. The number of hydrogen-bond acceptors (Lipinski definition) is 2. The molecule has 0 radical (unpaired) electrons. The van der Waals surface area contributed by atoms with Gasteiger partial charge in [0.25, 0.3) is 0 Å². The van der Waals surface area contributed by atoms with Gasteiger partial charge in [-0.25, -0.2) is 5.84 Å². The first-order valence-corrected chi connectivity index (χ1v) is 5.57. The average Bonchev–Trinajstić information content (AvgIpc) is 2.63. The van der Waals surface area contributed by atoms with Crippen molar-refractivity contribution in [3.05, 3.63) is 0 Å². The number of rotatable bonds is 3. The minimum atomic E-state index is 0.786. The number of hydrazine groups is 1. The second kappa shape index (κ2) is 5.86. The smallest absolute Gasteiger partial charge is 0.208 e. The van der Waals surface area contributed by atoms with E-state index in [2.05, 4.69) is 22.2 Å². The van der Waals surface area contributed by atoms with E-state index in [4.69, 9.17) is 5.84 Å². The van der Waals surface area contributed by atoms with Crippen LogP contribution < -0.4 is 11.3 Å². The lowest BCUT2D eigenvalue weighted by Crippen LogP contribution is -2.43. The third-order valence-corrected chi connectivity index (χ3v) is 2.72. The van der Waals surface area contributed by atoms with Crippen LogP contribution in [0.15, 0.2) is 4.99 Å². The van der Waals surface area contributed by atoms with Crippen LogP contribution in [0.5, 0.6) is 0 Å². The summed E-state index contributed by atoms with van der Waals surface area (Å²) in [5.41, 5.74) is 2.68. The van der Waals surface area contributed by atoms with E-state index < -0.39 is 0 Å². The summed E-state index contributed by atoms with van der Waals surface area (Å²) in [6.45, 7) is 7.25. The fourth-order valence-electron chi connectivity index (χ4n) is 2.06. The first kappa shape index (κ1) is 11.3. The largest absolute Gasteiger partial charge is 0.342 e. The van der Waals surface area contributed by atoms with Gasteiger partial charge in [0.15, 0.2) is 0 Å². The molecule has 0 bridgehead atoms. The van der Waals surface area contributed by atoms with Gasteiger partial charge in [0, 0.05) is 19.6 Å². The molecule has 1 unspecified atom stereocenters. The lowest BCUT2D eigenvalue weighted by molar-refractivity contribution is 0.445. The summed E-state index contributed by atoms with van der Waals surface area (Å²) in [7, 11) is 0. The molecule has 0 aromatic heterocycles. The van der Waals surface area contributed by atoms with Crippen molar-refractivity contribution in [2.75, 3.05) is 19.6 Å². The lowest BCUT2D eigenvalue weighted by atomic mass is 10.0. The average molecular weight is 198 g/mol. The van der Waals surface area contributed by atoms with Crippen molar-refractivity contribution in [3.8, 4) is 0 Å². The second-order valence-corrected chi connectivity index (χ2v) is 3.83. The van der Waals surface area contributed by atoms with Crippen LogP contribution in [0.4, 0.5) is 0 Å². The number of guanidine groups is 1. The van der Waals surface area contributed by atoms with Crippen LogP contribution in [0.3, 0.4) is 0 Å². The van der Waals surface area contributed by atoms with E-state index in [1.165, 1.54) is 19.3 Å². The molecule has 1 fully saturated rings. The molecule has 3 N–H and O–H groups in total. The number of nitrogens with one attached hydrogen (secondary N) is 1. The van der Waals surface area contributed by atoms with Gasteiger partial charge in [-0.15, -0.1) is 0 Å². The molecule has 82 valence electrons. The van der Waals surface area contributed by atoms with Gasteiger partial charge in [0.1, 0.15) is 0 Å². The normalized spacial score (nSPS) is 22.9. The summed E-state index contributed by atoms with van der Waals surface area (Å²) in [6, 6.07) is 0. The minimum Gasteiger partial charge on any atom is -0.342 e. The van der Waals surface area contributed by atoms with Crippen LogP contribution in [0.25, 0.3) is 0 Å². The van der Waals surface area contributed by atoms with Crippen LogP contribution >= 0.6 is 0 Å². The summed E-state index contributed by atoms with van der Waals surface area (Å²) in [5, 5.41) is 0. The zero-order chi connectivity index (χ0) is 10.4. The zero-order valence-corrected chi connectivity index (χ0v) is 9.29. The van der Waals surface area contributed by atoms with E-state index in [1.54, 1.807) is 0 Å². The quantitative estimate of drug-likeness (QED) is 0.307. The molecular formula is C10H22N4. The summed E-state index contributed by atoms with van der Waals surface area (Å²) < 4.78 is 0. The van der Waals surface area contributed by atoms with Crippen LogP contribution in [0.1, 0.15) is 33.1 Å². The molecule has 4 heteroatoms. The summed E-state index contributed by atoms with van der Waals surface area (Å²) in [4.78, 5) is 6.58. The Hall–Kier alpha value is -0.770. The molecule has 4 nitrogen and oxygen atoms in total. The van der Waals surface area contributed by atoms with Gasteiger partial charge in [-0.05, 0) is 25.7 Å². The van der Waals surface area contributed by atoms with E-state index in [0.717, 1.165) is 31.5 Å². The molecule has 0 aromatic rings. The monoisotopic (exact) mass is 198 g/mol. The molecule has 14 heavy (non-hydrogen) atoms. The highest BCUT2D eigenvalue weighted by Gasteiger charge is 2.23. The lowest BCUT2D eigenvalue weighted by Gasteiger charge is -2.19. The fourth-order valence-corrected chi connectivity index (χ4v) is 2.06. The number of hydrogen-bond donors (Lipinski definition) is 2. The molecule has 1 heterocycles. The van der Waals surface area contributed by atoms with Gasteiger partial charge in [-0.2, -0.15) is 0 Å². The Kier molecular flexibility index (Phi) is 4.73. The molecule has 0 amide bonds. The van der Waals surface area contributed by atoms with E-state index in [9.17, 15) is 0 Å². The predicted octanol–water partition coefficient (Wildman–Crippen LogP) is 0.948. The maximum Gasteiger partial charge on any atom is 0.208 e. The molecule has 1 rings (SSSR count). The van der Waals surface area contributed by atoms with Gasteiger partial charge in [0.05, 0.1) is 0 Å². The Morgan fingerprint density at radius 2 is 2.36 bits per heavy atom. The first-order valence-electron chi connectivity index (χ1n) is 5.57. The van der Waals surface area contributed by atoms with Gasteiger partial charge in [-0.1, -0.05) is 13.3 Å². The highest BCUT2D eigenvalue weighted by atomic mass is 15.4. The van der Waals surface area contributed by atoms with E-state index in [1.807, 2.05) is 6.92 Å². The molecule has 1 aliphatic rings. The van der Waals surface area contributed by atoms with Crippen LogP contribution in [-0.4, -0.2) is 30.5 Å². The standard InChI is InChI=1S/C10H22N4/c1-3-5-9-6-7-14(8-9)10(13-11)12-4-2/h9H,3-8,11H2,1-2H3,(H,12,13). The summed E-state index contributed by atoms with van der Waals surface area (Å²) in [5.74, 6) is 7.12. The third-order valence-electron chi connectivity index (χ3n) is 2.72. The molecule has 1 atom stereocenters. The number of nitrogens with zero attached hydrogens (tertiary/aromatic N) is 2. The van der Waals surface area contributed by atoms with Crippen molar-refractivity contribution in [1.82, 2.24) is 10.3 Å². The number of likely N-dealkylation sites (tertiary alicyclic amines) is 1.